The molecule has 6 heteroatoms. The SMILES string of the molecule is CCc1ccc(S(=O)(=O)n2cnc(C3CC3)n2)cc1. The molecular weight excluding hydrogens is 262 g/mol. The molecule has 1 fully saturated rings. The Morgan fingerprint density at radius 1 is 1.26 bits per heavy atom. The first-order valence-corrected chi connectivity index (χ1v) is 7.81. The summed E-state index contributed by atoms with van der Waals surface area (Å²) in [7, 11) is -3.61. The van der Waals surface area contributed by atoms with Gasteiger partial charge in [-0.1, -0.05) is 19.1 Å². The molecule has 0 aliphatic heterocycles. The quantitative estimate of drug-likeness (QED) is 0.857. The Bertz CT molecular complexity index is 685. The predicted octanol–water partition coefficient (Wildman–Crippen LogP) is 1.95. The van der Waals surface area contributed by atoms with Gasteiger partial charge in [0.15, 0.2) is 5.82 Å². The van der Waals surface area contributed by atoms with E-state index in [-0.39, 0.29) is 4.90 Å². The fourth-order valence-electron chi connectivity index (χ4n) is 1.91. The van der Waals surface area contributed by atoms with Crippen LogP contribution in [-0.4, -0.2) is 22.6 Å². The highest BCUT2D eigenvalue weighted by molar-refractivity contribution is 7.89. The Labute approximate surface area is 112 Å². The smallest absolute Gasteiger partial charge is 0.218 e. The van der Waals surface area contributed by atoms with Crippen LogP contribution in [-0.2, 0) is 16.4 Å². The maximum atomic E-state index is 12.4. The molecular formula is C13H15N3O2S. The average molecular weight is 277 g/mol. The summed E-state index contributed by atoms with van der Waals surface area (Å²) in [5.41, 5.74) is 1.11. The molecule has 0 spiro atoms. The maximum absolute atomic E-state index is 12.4. The van der Waals surface area contributed by atoms with Gasteiger partial charge in [-0.2, -0.15) is 8.42 Å². The second-order valence-electron chi connectivity index (χ2n) is 4.75. The van der Waals surface area contributed by atoms with E-state index in [1.807, 2.05) is 19.1 Å². The van der Waals surface area contributed by atoms with Crippen LogP contribution in [0.1, 0.15) is 37.1 Å². The number of benzene rings is 1. The van der Waals surface area contributed by atoms with Crippen molar-refractivity contribution in [2.24, 2.45) is 0 Å². The van der Waals surface area contributed by atoms with Crippen molar-refractivity contribution < 1.29 is 8.42 Å². The lowest BCUT2D eigenvalue weighted by molar-refractivity contribution is 0.579. The summed E-state index contributed by atoms with van der Waals surface area (Å²) in [6.45, 7) is 2.03. The average Bonchev–Trinajstić information content (AvgIpc) is 3.16. The highest BCUT2D eigenvalue weighted by Gasteiger charge is 2.29. The molecule has 0 radical (unpaired) electrons. The largest absolute Gasteiger partial charge is 0.284 e. The molecule has 1 aromatic heterocycles. The van der Waals surface area contributed by atoms with Crippen LogP contribution >= 0.6 is 0 Å². The Morgan fingerprint density at radius 3 is 2.53 bits per heavy atom. The number of rotatable bonds is 4. The Kier molecular flexibility index (Phi) is 2.89. The van der Waals surface area contributed by atoms with E-state index in [4.69, 9.17) is 0 Å². The minimum absolute atomic E-state index is 0.247. The van der Waals surface area contributed by atoms with E-state index in [9.17, 15) is 8.42 Å². The molecule has 19 heavy (non-hydrogen) atoms. The second-order valence-corrected chi connectivity index (χ2v) is 6.55. The van der Waals surface area contributed by atoms with E-state index >= 15 is 0 Å². The third-order valence-electron chi connectivity index (χ3n) is 3.31. The van der Waals surface area contributed by atoms with Gasteiger partial charge in [0.1, 0.15) is 6.33 Å². The van der Waals surface area contributed by atoms with Gasteiger partial charge in [-0.25, -0.2) is 4.98 Å². The number of aryl methyl sites for hydroxylation is 1. The van der Waals surface area contributed by atoms with Crippen LogP contribution in [0.2, 0.25) is 0 Å². The summed E-state index contributed by atoms with van der Waals surface area (Å²) in [5, 5.41) is 4.08. The second kappa shape index (κ2) is 4.45. The molecule has 0 atom stereocenters. The van der Waals surface area contributed by atoms with Crippen molar-refractivity contribution in [2.75, 3.05) is 0 Å². The van der Waals surface area contributed by atoms with Gasteiger partial charge in [0.05, 0.1) is 4.90 Å². The number of aromatic nitrogens is 3. The van der Waals surface area contributed by atoms with Crippen LogP contribution in [0.15, 0.2) is 35.5 Å². The highest BCUT2D eigenvalue weighted by atomic mass is 32.2. The van der Waals surface area contributed by atoms with Crippen LogP contribution in [0.4, 0.5) is 0 Å². The van der Waals surface area contributed by atoms with Gasteiger partial charge in [-0.3, -0.25) is 0 Å². The monoisotopic (exact) mass is 277 g/mol. The van der Waals surface area contributed by atoms with Crippen LogP contribution in [0.5, 0.6) is 0 Å². The molecule has 1 saturated carbocycles. The van der Waals surface area contributed by atoms with Gasteiger partial charge in [-0.05, 0) is 37.0 Å². The van der Waals surface area contributed by atoms with Gasteiger partial charge < -0.3 is 0 Å². The number of hydrogen-bond acceptors (Lipinski definition) is 4. The predicted molar refractivity (Wildman–Crippen MR) is 70.4 cm³/mol. The molecule has 5 nitrogen and oxygen atoms in total. The first kappa shape index (κ1) is 12.3. The lowest BCUT2D eigenvalue weighted by Gasteiger charge is -2.04. The lowest BCUT2D eigenvalue weighted by Crippen LogP contribution is -2.13. The fourth-order valence-corrected chi connectivity index (χ4v) is 2.97. The van der Waals surface area contributed by atoms with E-state index < -0.39 is 10.0 Å². The van der Waals surface area contributed by atoms with Gasteiger partial charge in [0.2, 0.25) is 0 Å². The van der Waals surface area contributed by atoms with Crippen molar-refractivity contribution in [2.45, 2.75) is 37.0 Å². The summed E-state index contributed by atoms with van der Waals surface area (Å²) in [4.78, 5) is 4.32. The molecule has 2 aromatic rings. The van der Waals surface area contributed by atoms with Crippen molar-refractivity contribution >= 4 is 10.0 Å². The van der Waals surface area contributed by atoms with E-state index in [1.54, 1.807) is 12.1 Å². The Balaban J connectivity index is 1.95. The molecule has 0 unspecified atom stereocenters. The van der Waals surface area contributed by atoms with Gasteiger partial charge >= 0.3 is 0 Å². The van der Waals surface area contributed by atoms with Crippen LogP contribution < -0.4 is 0 Å². The lowest BCUT2D eigenvalue weighted by atomic mass is 10.2. The molecule has 0 bridgehead atoms. The van der Waals surface area contributed by atoms with E-state index in [0.717, 1.165) is 28.9 Å². The Hall–Kier alpha value is -1.69. The number of hydrogen-bond donors (Lipinski definition) is 0. The van der Waals surface area contributed by atoms with Crippen molar-refractivity contribution in [3.63, 3.8) is 0 Å². The third kappa shape index (κ3) is 2.28. The zero-order valence-electron chi connectivity index (χ0n) is 10.7. The van der Waals surface area contributed by atoms with E-state index in [1.165, 1.54) is 6.33 Å². The van der Waals surface area contributed by atoms with Crippen molar-refractivity contribution in [1.29, 1.82) is 0 Å². The fraction of sp³-hybridized carbons (Fsp3) is 0.385. The number of nitrogens with zero attached hydrogens (tertiary/aromatic N) is 3. The Morgan fingerprint density at radius 2 is 1.95 bits per heavy atom. The van der Waals surface area contributed by atoms with Gasteiger partial charge in [0.25, 0.3) is 10.0 Å². The van der Waals surface area contributed by atoms with Crippen LogP contribution in [0.25, 0.3) is 0 Å². The molecule has 0 N–H and O–H groups in total. The van der Waals surface area contributed by atoms with Crippen molar-refractivity contribution in [1.82, 2.24) is 14.2 Å². The topological polar surface area (TPSA) is 64.8 Å². The minimum atomic E-state index is -3.61. The first-order chi connectivity index (χ1) is 9.11. The molecule has 100 valence electrons. The summed E-state index contributed by atoms with van der Waals surface area (Å²) in [5.74, 6) is 0.979. The molecule has 3 rings (SSSR count). The summed E-state index contributed by atoms with van der Waals surface area (Å²) < 4.78 is 25.7. The van der Waals surface area contributed by atoms with Crippen molar-refractivity contribution in [3.05, 3.63) is 42.0 Å². The molecule has 1 aliphatic rings. The summed E-state index contributed by atoms with van der Waals surface area (Å²) in [6, 6.07) is 6.89. The molecule has 0 saturated heterocycles. The van der Waals surface area contributed by atoms with Crippen molar-refractivity contribution in [3.8, 4) is 0 Å². The molecule has 1 heterocycles. The zero-order chi connectivity index (χ0) is 13.5. The van der Waals surface area contributed by atoms with Gasteiger partial charge in [0, 0.05) is 5.92 Å². The van der Waals surface area contributed by atoms with Crippen LogP contribution in [0, 0.1) is 0 Å². The van der Waals surface area contributed by atoms with E-state index in [0.29, 0.717) is 11.7 Å². The molecule has 0 amide bonds. The molecule has 1 aromatic carbocycles. The normalized spacial score (nSPS) is 15.6. The van der Waals surface area contributed by atoms with Gasteiger partial charge in [-0.15, -0.1) is 9.19 Å². The maximum Gasteiger partial charge on any atom is 0.284 e. The summed E-state index contributed by atoms with van der Waals surface area (Å²) >= 11 is 0. The molecule has 1 aliphatic carbocycles. The first-order valence-electron chi connectivity index (χ1n) is 6.37. The van der Waals surface area contributed by atoms with E-state index in [2.05, 4.69) is 10.1 Å². The summed E-state index contributed by atoms with van der Waals surface area (Å²) in [6.07, 6.45) is 4.27. The standard InChI is InChI=1S/C13H15N3O2S/c1-2-10-3-7-12(8-4-10)19(17,18)16-9-14-13(15-16)11-5-6-11/h3-4,7-9,11H,2,5-6H2,1H3. The highest BCUT2D eigenvalue weighted by Crippen LogP contribution is 2.37. The minimum Gasteiger partial charge on any atom is -0.218 e. The van der Waals surface area contributed by atoms with Crippen LogP contribution in [0.3, 0.4) is 0 Å². The third-order valence-corrected chi connectivity index (χ3v) is 4.84. The zero-order valence-corrected chi connectivity index (χ0v) is 11.5.